The molecule has 0 bridgehead atoms. The number of hydrogen-bond donors (Lipinski definition) is 5. The summed E-state index contributed by atoms with van der Waals surface area (Å²) in [4.78, 5) is 60.8. The lowest BCUT2D eigenvalue weighted by atomic mass is 9.98. The summed E-state index contributed by atoms with van der Waals surface area (Å²) in [7, 11) is -16.1. The standard InChI is InChI=1S/C12H16FN2O14P3/c1-3-12(6-26-31(21,22)29-32(23,24)28-30(18,19)20)9(13)8(25-2)10(27-12)15-5-4-7(16)14-11(15)17/h1,4-5,8-10H,6H2,2H3,(H,21,22)(H,23,24)(H,14,16,17)(H2,18,19,20). The summed E-state index contributed by atoms with van der Waals surface area (Å²) < 4.78 is 71.4. The third-order valence-corrected chi connectivity index (χ3v) is 7.63. The monoisotopic (exact) mass is 524 g/mol. The summed E-state index contributed by atoms with van der Waals surface area (Å²) in [5.74, 6) is 1.83. The molecular formula is C12H16FN2O14P3. The van der Waals surface area contributed by atoms with Crippen molar-refractivity contribution in [2.24, 2.45) is 0 Å². The number of ether oxygens (including phenoxy) is 2. The topological polar surface area (TPSA) is 233 Å². The molecule has 1 aliphatic heterocycles. The Morgan fingerprint density at radius 2 is 1.88 bits per heavy atom. The molecule has 5 N–H and O–H groups in total. The van der Waals surface area contributed by atoms with E-state index < -0.39 is 65.4 Å². The van der Waals surface area contributed by atoms with Crippen LogP contribution < -0.4 is 11.2 Å². The highest BCUT2D eigenvalue weighted by atomic mass is 31.3. The zero-order valence-corrected chi connectivity index (χ0v) is 18.4. The first-order valence-corrected chi connectivity index (χ1v) is 12.5. The van der Waals surface area contributed by atoms with Gasteiger partial charge in [-0.05, 0) is 0 Å². The first kappa shape index (κ1) is 26.7. The Kier molecular flexibility index (Phi) is 7.85. The summed E-state index contributed by atoms with van der Waals surface area (Å²) in [6.45, 7) is -1.33. The second-order valence-corrected chi connectivity index (χ2v) is 10.4. The molecule has 0 spiro atoms. The Bertz CT molecular complexity index is 1150. The average molecular weight is 524 g/mol. The van der Waals surface area contributed by atoms with Crippen LogP contribution in [0.2, 0.25) is 0 Å². The zero-order chi connectivity index (χ0) is 24.5. The molecule has 20 heteroatoms. The number of methoxy groups -OCH3 is 1. The quantitative estimate of drug-likeness (QED) is 0.195. The number of nitrogens with one attached hydrogen (secondary N) is 1. The van der Waals surface area contributed by atoms with Gasteiger partial charge in [-0.3, -0.25) is 18.9 Å². The molecule has 0 aliphatic carbocycles. The molecule has 1 saturated heterocycles. The van der Waals surface area contributed by atoms with E-state index in [0.717, 1.165) is 19.4 Å². The molecule has 180 valence electrons. The summed E-state index contributed by atoms with van der Waals surface area (Å²) in [5.41, 5.74) is -4.32. The van der Waals surface area contributed by atoms with Gasteiger partial charge in [0.25, 0.3) is 5.56 Å². The van der Waals surface area contributed by atoms with E-state index in [9.17, 15) is 28.2 Å². The van der Waals surface area contributed by atoms with Gasteiger partial charge in [-0.2, -0.15) is 8.62 Å². The minimum Gasteiger partial charge on any atom is -0.374 e. The van der Waals surface area contributed by atoms with Crippen LogP contribution in [0.4, 0.5) is 4.39 Å². The van der Waals surface area contributed by atoms with E-state index in [4.69, 9.17) is 30.6 Å². The first-order chi connectivity index (χ1) is 14.5. The first-order valence-electron chi connectivity index (χ1n) is 7.97. The summed E-state index contributed by atoms with van der Waals surface area (Å²) in [6, 6.07) is 0.909. The molecule has 0 saturated carbocycles. The van der Waals surface area contributed by atoms with Gasteiger partial charge in [0.05, 0.1) is 0 Å². The van der Waals surface area contributed by atoms with Gasteiger partial charge in [-0.15, -0.1) is 6.42 Å². The third kappa shape index (κ3) is 6.30. The highest BCUT2D eigenvalue weighted by molar-refractivity contribution is 7.66. The number of rotatable bonds is 9. The molecular weight excluding hydrogens is 508 g/mol. The molecule has 32 heavy (non-hydrogen) atoms. The van der Waals surface area contributed by atoms with E-state index in [1.807, 2.05) is 10.9 Å². The molecule has 6 atom stereocenters. The average Bonchev–Trinajstić information content (AvgIpc) is 2.89. The van der Waals surface area contributed by atoms with Crippen molar-refractivity contribution in [1.82, 2.24) is 9.55 Å². The van der Waals surface area contributed by atoms with Crippen molar-refractivity contribution >= 4 is 23.5 Å². The van der Waals surface area contributed by atoms with E-state index in [0.29, 0.717) is 4.57 Å². The Hall–Kier alpha value is -1.50. The number of nitrogens with zero attached hydrogens (tertiary/aromatic N) is 1. The lowest BCUT2D eigenvalue weighted by Gasteiger charge is -2.26. The Labute approximate surface area is 177 Å². The fourth-order valence-electron chi connectivity index (χ4n) is 2.59. The summed E-state index contributed by atoms with van der Waals surface area (Å²) >= 11 is 0. The predicted molar refractivity (Wildman–Crippen MR) is 98.5 cm³/mol. The maximum Gasteiger partial charge on any atom is 0.490 e. The van der Waals surface area contributed by atoms with Crippen LogP contribution in [0, 0.1) is 12.3 Å². The Morgan fingerprint density at radius 1 is 1.25 bits per heavy atom. The highest BCUT2D eigenvalue weighted by Crippen LogP contribution is 2.66. The van der Waals surface area contributed by atoms with Crippen molar-refractivity contribution in [2.45, 2.75) is 24.1 Å². The minimum absolute atomic E-state index is 0.714. The van der Waals surface area contributed by atoms with Crippen molar-refractivity contribution in [1.29, 1.82) is 0 Å². The number of terminal acetylenes is 1. The molecule has 16 nitrogen and oxygen atoms in total. The Balaban J connectivity index is 2.27. The lowest BCUT2D eigenvalue weighted by Crippen LogP contribution is -2.43. The zero-order valence-electron chi connectivity index (χ0n) is 15.7. The Morgan fingerprint density at radius 3 is 2.38 bits per heavy atom. The van der Waals surface area contributed by atoms with Gasteiger partial charge in [0.15, 0.2) is 18.0 Å². The highest BCUT2D eigenvalue weighted by Gasteiger charge is 2.58. The fraction of sp³-hybridized carbons (Fsp3) is 0.500. The van der Waals surface area contributed by atoms with Gasteiger partial charge in [0.1, 0.15) is 12.7 Å². The number of aromatic amines is 1. The van der Waals surface area contributed by atoms with Gasteiger partial charge >= 0.3 is 29.2 Å². The fourth-order valence-corrected chi connectivity index (χ4v) is 5.64. The largest absolute Gasteiger partial charge is 0.490 e. The van der Waals surface area contributed by atoms with Gasteiger partial charge in [0, 0.05) is 19.4 Å². The van der Waals surface area contributed by atoms with E-state index in [1.54, 1.807) is 0 Å². The second kappa shape index (κ2) is 9.40. The van der Waals surface area contributed by atoms with Crippen LogP contribution in [0.5, 0.6) is 0 Å². The molecule has 2 rings (SSSR count). The van der Waals surface area contributed by atoms with E-state index in [1.165, 1.54) is 0 Å². The molecule has 1 aliphatic rings. The lowest BCUT2D eigenvalue weighted by molar-refractivity contribution is -0.0895. The van der Waals surface area contributed by atoms with Gasteiger partial charge in [-0.1, -0.05) is 5.92 Å². The van der Waals surface area contributed by atoms with Crippen LogP contribution in [0.15, 0.2) is 21.9 Å². The van der Waals surface area contributed by atoms with Gasteiger partial charge in [0.2, 0.25) is 0 Å². The minimum atomic E-state index is -5.82. The third-order valence-electron chi connectivity index (χ3n) is 3.85. The van der Waals surface area contributed by atoms with Crippen LogP contribution in [0.1, 0.15) is 6.23 Å². The number of hydrogen-bond acceptors (Lipinski definition) is 10. The van der Waals surface area contributed by atoms with Crippen molar-refractivity contribution in [3.8, 4) is 12.3 Å². The molecule has 0 amide bonds. The maximum absolute atomic E-state index is 15.1. The van der Waals surface area contributed by atoms with Crippen molar-refractivity contribution < 1.29 is 60.3 Å². The van der Waals surface area contributed by atoms with Crippen molar-refractivity contribution in [2.75, 3.05) is 13.7 Å². The van der Waals surface area contributed by atoms with E-state index >= 15 is 4.39 Å². The van der Waals surface area contributed by atoms with Gasteiger partial charge < -0.3 is 29.0 Å². The number of alkyl halides is 1. The maximum atomic E-state index is 15.1. The number of aromatic nitrogens is 2. The molecule has 0 radical (unpaired) electrons. The second-order valence-electron chi connectivity index (χ2n) is 6.03. The van der Waals surface area contributed by atoms with Gasteiger partial charge in [-0.25, -0.2) is 22.9 Å². The van der Waals surface area contributed by atoms with Crippen molar-refractivity contribution in [3.05, 3.63) is 33.1 Å². The smallest absolute Gasteiger partial charge is 0.374 e. The molecule has 0 aromatic carbocycles. The van der Waals surface area contributed by atoms with Crippen LogP contribution in [0.25, 0.3) is 0 Å². The number of halogens is 1. The van der Waals surface area contributed by atoms with Crippen LogP contribution >= 0.6 is 23.5 Å². The molecule has 2 heterocycles. The molecule has 1 aromatic heterocycles. The molecule has 1 fully saturated rings. The number of phosphoric ester groups is 1. The predicted octanol–water partition coefficient (Wildman–Crippen LogP) is -0.866. The molecule has 1 aromatic rings. The number of phosphoric acid groups is 3. The normalized spacial score (nSPS) is 29.7. The number of H-pyrrole nitrogens is 1. The molecule has 6 unspecified atom stereocenters. The van der Waals surface area contributed by atoms with Crippen molar-refractivity contribution in [3.63, 3.8) is 0 Å². The van der Waals surface area contributed by atoms with Crippen LogP contribution in [-0.4, -0.2) is 60.7 Å². The van der Waals surface area contributed by atoms with Crippen LogP contribution in [-0.2, 0) is 36.3 Å². The van der Waals surface area contributed by atoms with Crippen LogP contribution in [0.3, 0.4) is 0 Å². The van der Waals surface area contributed by atoms with E-state index in [-0.39, 0.29) is 0 Å². The van der Waals surface area contributed by atoms with E-state index in [2.05, 4.69) is 13.1 Å². The SMILES string of the molecule is C#CC1(COP(=O)(O)OP(=O)(O)OP(=O)(O)O)OC(n2ccc(=O)[nH]c2=O)C(OC)C1F. The summed E-state index contributed by atoms with van der Waals surface area (Å²) in [5, 5.41) is 0. The summed E-state index contributed by atoms with van der Waals surface area (Å²) in [6.07, 6.45) is 0.702.